The molecular formula is C48H100P2S4Zn. The molecule has 0 aromatic carbocycles. The molecule has 0 fully saturated rings. The molecule has 0 unspecified atom stereocenters. The minimum absolute atomic E-state index is 0. The number of rotatable bonds is 44. The van der Waals surface area contributed by atoms with Crippen LogP contribution in [0.15, 0.2) is 0 Å². The Bertz CT molecular complexity index is 676. The summed E-state index contributed by atoms with van der Waals surface area (Å²) in [5.41, 5.74) is 0. The van der Waals surface area contributed by atoms with Crippen molar-refractivity contribution in [2.24, 2.45) is 0 Å². The van der Waals surface area contributed by atoms with Crippen LogP contribution >= 0.6 is 10.5 Å². The molecular weight excluding hydrogens is 832 g/mol. The third kappa shape index (κ3) is 56.6. The van der Waals surface area contributed by atoms with E-state index in [9.17, 15) is 0 Å². The first-order chi connectivity index (χ1) is 26.2. The molecule has 0 heterocycles. The summed E-state index contributed by atoms with van der Waals surface area (Å²) in [7, 11) is 0. The van der Waals surface area contributed by atoms with E-state index in [0.717, 1.165) is 0 Å². The van der Waals surface area contributed by atoms with Crippen LogP contribution in [0.1, 0.15) is 285 Å². The van der Waals surface area contributed by atoms with Crippen molar-refractivity contribution < 1.29 is 19.5 Å². The maximum absolute atomic E-state index is 5.79. The summed E-state index contributed by atoms with van der Waals surface area (Å²) in [5.74, 6) is 0. The predicted molar refractivity (Wildman–Crippen MR) is 270 cm³/mol. The summed E-state index contributed by atoms with van der Waals surface area (Å²) in [4.78, 5) is 0. The van der Waals surface area contributed by atoms with Gasteiger partial charge in [-0.2, -0.15) is 10.5 Å². The third-order valence-corrected chi connectivity index (χ3v) is 19.8. The fourth-order valence-corrected chi connectivity index (χ4v) is 14.0. The minimum Gasteiger partial charge on any atom is -0.746 e. The van der Waals surface area contributed by atoms with Crippen LogP contribution in [0.2, 0.25) is 0 Å². The first-order valence-corrected chi connectivity index (χ1v) is 33.2. The molecule has 7 heteroatoms. The Morgan fingerprint density at radius 1 is 0.236 bits per heavy atom. The Hall–Kier alpha value is 2.62. The van der Waals surface area contributed by atoms with Gasteiger partial charge in [-0.05, 0) is 24.6 Å². The molecule has 0 radical (unpaired) electrons. The smallest absolute Gasteiger partial charge is 0.746 e. The zero-order chi connectivity index (χ0) is 40.1. The first-order valence-electron chi connectivity index (χ1n) is 24.8. The maximum atomic E-state index is 5.79. The zero-order valence-corrected chi connectivity index (χ0v) is 46.4. The second-order valence-corrected chi connectivity index (χ2v) is 32.1. The Balaban J connectivity index is -0.000000966. The van der Waals surface area contributed by atoms with Gasteiger partial charge in [0.25, 0.3) is 0 Å². The van der Waals surface area contributed by atoms with E-state index < -0.39 is 10.5 Å². The molecule has 0 aromatic rings. The minimum atomic E-state index is -1.42. The van der Waals surface area contributed by atoms with Gasteiger partial charge in [-0.15, -0.1) is 23.6 Å². The van der Waals surface area contributed by atoms with Gasteiger partial charge in [-0.3, -0.25) is 0 Å². The second kappa shape index (κ2) is 51.0. The third-order valence-electron chi connectivity index (χ3n) is 11.4. The average molecular weight is 933 g/mol. The Labute approximate surface area is 384 Å². The summed E-state index contributed by atoms with van der Waals surface area (Å²) in [5, 5.41) is -2.85. The van der Waals surface area contributed by atoms with E-state index >= 15 is 0 Å². The molecule has 0 saturated heterocycles. The van der Waals surface area contributed by atoms with Crippen molar-refractivity contribution in [1.82, 2.24) is 0 Å². The quantitative estimate of drug-likeness (QED) is 0.0258. The number of unbranched alkanes of at least 4 members (excludes halogenated alkanes) is 36. The molecule has 0 aliphatic carbocycles. The largest absolute Gasteiger partial charge is 2.00 e. The van der Waals surface area contributed by atoms with Gasteiger partial charge in [0.05, 0.1) is 0 Å². The van der Waals surface area contributed by atoms with Crippen LogP contribution in [0.3, 0.4) is 0 Å². The average Bonchev–Trinajstić information content (AvgIpc) is 3.15. The number of hydrogen-bond donors (Lipinski definition) is 0. The summed E-state index contributed by atoms with van der Waals surface area (Å²) in [6.45, 7) is 9.16. The van der Waals surface area contributed by atoms with Crippen molar-refractivity contribution in [2.45, 2.75) is 285 Å². The van der Waals surface area contributed by atoms with Gasteiger partial charge >= 0.3 is 19.5 Å². The van der Waals surface area contributed by atoms with Crippen molar-refractivity contribution in [3.8, 4) is 0 Å². The van der Waals surface area contributed by atoms with Gasteiger partial charge < -0.3 is 24.5 Å². The van der Waals surface area contributed by atoms with Crippen molar-refractivity contribution in [2.75, 3.05) is 24.6 Å². The molecule has 0 aliphatic heterocycles. The van der Waals surface area contributed by atoms with E-state index in [2.05, 4.69) is 27.7 Å². The van der Waals surface area contributed by atoms with Crippen LogP contribution in [0, 0.1) is 0 Å². The molecule has 0 N–H and O–H groups in total. The van der Waals surface area contributed by atoms with Gasteiger partial charge in [0.2, 0.25) is 0 Å². The van der Waals surface area contributed by atoms with Crippen LogP contribution in [0.5, 0.6) is 0 Å². The van der Waals surface area contributed by atoms with E-state index in [4.69, 9.17) is 48.1 Å². The normalized spacial score (nSPS) is 11.7. The van der Waals surface area contributed by atoms with Gasteiger partial charge in [0, 0.05) is 0 Å². The predicted octanol–water partition coefficient (Wildman–Crippen LogP) is 19.5. The Morgan fingerprint density at radius 3 is 0.473 bits per heavy atom. The van der Waals surface area contributed by atoms with Crippen molar-refractivity contribution in [3.05, 3.63) is 0 Å². The molecule has 0 atom stereocenters. The molecule has 0 nitrogen and oxygen atoms in total. The van der Waals surface area contributed by atoms with E-state index in [0.29, 0.717) is 0 Å². The number of hydrogen-bond acceptors (Lipinski definition) is 4. The molecule has 0 aliphatic rings. The summed E-state index contributed by atoms with van der Waals surface area (Å²) in [6.07, 6.45) is 60.8. The zero-order valence-electron chi connectivity index (χ0n) is 38.3. The van der Waals surface area contributed by atoms with Crippen LogP contribution in [0.4, 0.5) is 0 Å². The summed E-state index contributed by atoms with van der Waals surface area (Å²) >= 11 is 23.2. The SMILES string of the molecule is CCCCCCCCCCCCP(=S)([S-])CCCCCCCCCCCC.CCCCCCCCCCCCP(=S)([S-])CCCCCCCCCCCC.[Zn+2]. The van der Waals surface area contributed by atoms with Crippen molar-refractivity contribution in [1.29, 1.82) is 0 Å². The van der Waals surface area contributed by atoms with Gasteiger partial charge in [0.1, 0.15) is 0 Å². The summed E-state index contributed by atoms with van der Waals surface area (Å²) in [6, 6.07) is 0. The first kappa shape index (κ1) is 61.9. The monoisotopic (exact) mass is 931 g/mol. The van der Waals surface area contributed by atoms with Gasteiger partial charge in [-0.1, -0.05) is 285 Å². The van der Waals surface area contributed by atoms with Crippen LogP contribution < -0.4 is 0 Å². The fourth-order valence-electron chi connectivity index (χ4n) is 7.58. The van der Waals surface area contributed by atoms with E-state index in [1.54, 1.807) is 0 Å². The standard InChI is InChI=1S/2C24H51PS2.Zn/c2*1-3-5-7-9-11-13-15-17-19-21-23-25(26,27)24-22-20-18-16-14-12-10-8-6-4-2;/h2*3-24H2,1-2H3,(H,26,27);/q;;+2/p-2. The second-order valence-electron chi connectivity index (χ2n) is 17.3. The van der Waals surface area contributed by atoms with Gasteiger partial charge in [0.15, 0.2) is 0 Å². The van der Waals surface area contributed by atoms with Crippen molar-refractivity contribution >= 4 is 58.6 Å². The van der Waals surface area contributed by atoms with E-state index in [1.165, 1.54) is 281 Å². The Kier molecular flexibility index (Phi) is 57.4. The van der Waals surface area contributed by atoms with Crippen LogP contribution in [-0.4, -0.2) is 24.6 Å². The molecule has 0 saturated carbocycles. The summed E-state index contributed by atoms with van der Waals surface area (Å²) < 4.78 is 0. The van der Waals surface area contributed by atoms with Crippen LogP contribution in [-0.2, 0) is 67.6 Å². The molecule has 0 rings (SSSR count). The molecule has 0 aromatic heterocycles. The van der Waals surface area contributed by atoms with E-state index in [-0.39, 0.29) is 19.5 Å². The topological polar surface area (TPSA) is 0 Å². The maximum Gasteiger partial charge on any atom is 2.00 e. The molecule has 0 spiro atoms. The molecule has 0 bridgehead atoms. The Morgan fingerprint density at radius 2 is 0.345 bits per heavy atom. The van der Waals surface area contributed by atoms with E-state index in [1.807, 2.05) is 0 Å². The van der Waals surface area contributed by atoms with Crippen LogP contribution in [0.25, 0.3) is 0 Å². The molecule has 0 amide bonds. The molecule has 55 heavy (non-hydrogen) atoms. The van der Waals surface area contributed by atoms with Crippen molar-refractivity contribution in [3.63, 3.8) is 0 Å². The fraction of sp³-hybridized carbons (Fsp3) is 1.00. The molecule has 328 valence electrons. The van der Waals surface area contributed by atoms with Gasteiger partial charge in [-0.25, -0.2) is 0 Å².